The second kappa shape index (κ2) is 22.9. The van der Waals surface area contributed by atoms with Crippen molar-refractivity contribution in [1.82, 2.24) is 45.3 Å². The SMILES string of the molecule is CCn1c(-c2cc(N3CCN(C4CC4)CC3)cnc2[C@H](C)OC)c2c3cc(ccc31)-c1cc(O)cc(c1)C[C@H](NC(=O)[C@H](C(C)C)N1CCC3(CCCN3C(=O)NC=NC(C)=N)C1=O)C(=O)N1CCC[C@H](N1)C(=O)OCC(C)(C)C2. The van der Waals surface area contributed by atoms with Crippen molar-refractivity contribution < 1.29 is 38.6 Å². The number of urea groups is 1. The number of methoxy groups -OCH3 is 1. The van der Waals surface area contributed by atoms with E-state index in [4.69, 9.17) is 19.9 Å². The predicted molar refractivity (Wildman–Crippen MR) is 306 cm³/mol. The third-order valence-electron chi connectivity index (χ3n) is 17.3. The fraction of sp³-hybridized carbons (Fsp3) is 0.567. The highest BCUT2D eigenvalue weighted by atomic mass is 16.5. The Morgan fingerprint density at radius 3 is 2.46 bits per heavy atom. The Bertz CT molecular complexity index is 3090. The van der Waals surface area contributed by atoms with Crippen LogP contribution in [0.1, 0.15) is 116 Å². The Kier molecular flexibility index (Phi) is 16.2. The van der Waals surface area contributed by atoms with Crippen molar-refractivity contribution in [2.75, 3.05) is 64.4 Å². The summed E-state index contributed by atoms with van der Waals surface area (Å²) in [5, 5.41) is 27.2. The van der Waals surface area contributed by atoms with E-state index in [0.717, 1.165) is 77.2 Å². The molecule has 6 aliphatic rings. The number of amidine groups is 1. The van der Waals surface area contributed by atoms with Crippen molar-refractivity contribution >= 4 is 58.5 Å². The molecular formula is C60H80N12O8. The number of amides is 5. The van der Waals surface area contributed by atoms with E-state index >= 15 is 4.79 Å². The number of nitrogens with zero attached hydrogens (tertiary/aromatic N) is 8. The Morgan fingerprint density at radius 1 is 0.975 bits per heavy atom. The number of benzene rings is 2. The van der Waals surface area contributed by atoms with Gasteiger partial charge in [-0.05, 0) is 131 Å². The van der Waals surface area contributed by atoms with Gasteiger partial charge >= 0.3 is 12.0 Å². The number of hydrazine groups is 1. The lowest BCUT2D eigenvalue weighted by Crippen LogP contribution is -2.63. The second-order valence-electron chi connectivity index (χ2n) is 24.0. The van der Waals surface area contributed by atoms with Gasteiger partial charge in [-0.2, -0.15) is 0 Å². The third kappa shape index (κ3) is 11.3. The summed E-state index contributed by atoms with van der Waals surface area (Å²) in [6, 6.07) is 11.0. The van der Waals surface area contributed by atoms with E-state index in [0.29, 0.717) is 68.8 Å². The van der Waals surface area contributed by atoms with Crippen LogP contribution in [0.3, 0.4) is 0 Å². The number of hydrogen-bond donors (Lipinski definition) is 5. The van der Waals surface area contributed by atoms with Crippen LogP contribution in [-0.2, 0) is 48.0 Å². The first-order valence-electron chi connectivity index (χ1n) is 28.8. The van der Waals surface area contributed by atoms with E-state index in [9.17, 15) is 24.3 Å². The molecule has 7 heterocycles. The van der Waals surface area contributed by atoms with E-state index in [1.165, 1.54) is 34.6 Å². The Hall–Kier alpha value is -6.90. The number of esters is 1. The molecule has 20 heteroatoms. The number of aryl methyl sites for hydroxylation is 1. The predicted octanol–water partition coefficient (Wildman–Crippen LogP) is 6.56. The van der Waals surface area contributed by atoms with Gasteiger partial charge in [-0.3, -0.25) is 44.8 Å². The topological polar surface area (TPSA) is 230 Å². The normalized spacial score (nSPS) is 23.7. The molecule has 1 saturated carbocycles. The fourth-order valence-corrected chi connectivity index (χ4v) is 13.1. The van der Waals surface area contributed by atoms with E-state index in [2.05, 4.69) is 74.4 Å². The van der Waals surface area contributed by atoms with Gasteiger partial charge in [-0.15, -0.1) is 0 Å². The molecule has 1 aliphatic carbocycles. The number of aromatic hydroxyl groups is 1. The lowest BCUT2D eigenvalue weighted by molar-refractivity contribution is -0.155. The number of hydrogen-bond acceptors (Lipinski definition) is 13. The molecule has 10 rings (SSSR count). The maximum atomic E-state index is 15.0. The maximum Gasteiger partial charge on any atom is 0.324 e. The van der Waals surface area contributed by atoms with Crippen LogP contribution in [0, 0.1) is 16.7 Å². The van der Waals surface area contributed by atoms with E-state index in [1.807, 2.05) is 39.1 Å². The number of aliphatic imine (C=N–C) groups is 1. The molecule has 1 spiro atoms. The highest BCUT2D eigenvalue weighted by Crippen LogP contribution is 2.44. The van der Waals surface area contributed by atoms with Gasteiger partial charge in [-0.1, -0.05) is 39.8 Å². The monoisotopic (exact) mass is 1100 g/mol. The smallest absolute Gasteiger partial charge is 0.324 e. The number of rotatable bonds is 11. The van der Waals surface area contributed by atoms with Crippen LogP contribution < -0.4 is 21.0 Å². The molecule has 4 aromatic rings. The van der Waals surface area contributed by atoms with Gasteiger partial charge in [0.1, 0.15) is 35.2 Å². The number of fused-ring (bicyclic) bond motifs is 6. The van der Waals surface area contributed by atoms with E-state index in [-0.39, 0.29) is 49.7 Å². The minimum absolute atomic E-state index is 0.0121. The van der Waals surface area contributed by atoms with Crippen LogP contribution >= 0.6 is 0 Å². The molecule has 428 valence electrons. The van der Waals surface area contributed by atoms with Gasteiger partial charge in [0, 0.05) is 93.8 Å². The van der Waals surface area contributed by atoms with Crippen molar-refractivity contribution in [2.24, 2.45) is 16.3 Å². The highest BCUT2D eigenvalue weighted by Gasteiger charge is 2.57. The number of nitrogens with one attached hydrogen (secondary N) is 4. The number of ether oxygens (including phenoxy) is 2. The number of aromatic nitrogens is 2. The van der Waals surface area contributed by atoms with Crippen LogP contribution in [0.15, 0.2) is 53.7 Å². The summed E-state index contributed by atoms with van der Waals surface area (Å²) in [6.45, 7) is 18.9. The zero-order valence-electron chi connectivity index (χ0n) is 47.8. The number of pyridine rings is 1. The van der Waals surface area contributed by atoms with Gasteiger partial charge < -0.3 is 39.2 Å². The molecule has 80 heavy (non-hydrogen) atoms. The summed E-state index contributed by atoms with van der Waals surface area (Å²) in [5.74, 6) is -2.27. The zero-order chi connectivity index (χ0) is 56.8. The average molecular weight is 1100 g/mol. The molecule has 5 aliphatic heterocycles. The molecule has 5 N–H and O–H groups in total. The number of phenols is 1. The number of piperazine rings is 1. The first-order chi connectivity index (χ1) is 38.3. The lowest BCUT2D eigenvalue weighted by Gasteiger charge is -2.37. The second-order valence-corrected chi connectivity index (χ2v) is 24.0. The van der Waals surface area contributed by atoms with Crippen molar-refractivity contribution in [3.8, 4) is 28.1 Å². The number of anilines is 1. The first-order valence-corrected chi connectivity index (χ1v) is 28.8. The van der Waals surface area contributed by atoms with Crippen LogP contribution in [0.2, 0.25) is 0 Å². The Morgan fingerprint density at radius 2 is 1.75 bits per heavy atom. The third-order valence-corrected chi connectivity index (χ3v) is 17.3. The Labute approximate surface area is 469 Å². The molecule has 0 radical (unpaired) electrons. The zero-order valence-corrected chi connectivity index (χ0v) is 47.8. The highest BCUT2D eigenvalue weighted by molar-refractivity contribution is 6.00. The van der Waals surface area contributed by atoms with Crippen LogP contribution in [0.4, 0.5) is 10.5 Å². The number of cyclic esters (lactones) is 1. The largest absolute Gasteiger partial charge is 0.508 e. The lowest BCUT2D eigenvalue weighted by atomic mass is 9.84. The summed E-state index contributed by atoms with van der Waals surface area (Å²) < 4.78 is 14.6. The quantitative estimate of drug-likeness (QED) is 0.0611. The van der Waals surface area contributed by atoms with E-state index in [1.54, 1.807) is 19.2 Å². The molecule has 6 bridgehead atoms. The maximum absolute atomic E-state index is 15.0. The summed E-state index contributed by atoms with van der Waals surface area (Å²) in [5.41, 5.74) is 9.49. The van der Waals surface area contributed by atoms with Gasteiger partial charge in [-0.25, -0.2) is 15.2 Å². The fourth-order valence-electron chi connectivity index (χ4n) is 13.1. The molecule has 5 atom stereocenters. The Balaban J connectivity index is 1.02. The first kappa shape index (κ1) is 56.4. The van der Waals surface area contributed by atoms with Gasteiger partial charge in [0.2, 0.25) is 11.8 Å². The molecule has 5 amide bonds. The molecule has 1 unspecified atom stereocenters. The summed E-state index contributed by atoms with van der Waals surface area (Å²) in [4.78, 5) is 89.5. The van der Waals surface area contributed by atoms with E-state index < -0.39 is 58.8 Å². The minimum Gasteiger partial charge on any atom is -0.508 e. The number of likely N-dealkylation sites (tertiary alicyclic amines) is 2. The van der Waals surface area contributed by atoms with Gasteiger partial charge in [0.15, 0.2) is 0 Å². The standard InChI is InChI=1S/C60H80N12O8/c1-9-69-50-16-13-40-30-45(50)47(53(69)46-31-43(33-62-51(46)37(4)79-8)68-24-22-67(23-25-68)42-14-15-42)32-59(6,7)34-80-56(76)48-12-10-20-72(66-48)55(75)49(28-39-26-41(40)29-44(73)27-39)65-54(74)52(36(2)3)70-21-18-60(57(70)77)17-11-19-71(60)58(78)64-35-63-38(5)61/h13,16,26-27,29-31,33,35-37,42,48-49,52,66,73H,9-12,14-15,17-25,28,32,34H2,1-8H3,(H,65,74)(H2,61,63,64,78)/t37-,48-,49-,52-,60?/m0/s1. The molecule has 5 fully saturated rings. The van der Waals surface area contributed by atoms with Crippen LogP contribution in [-0.4, -0.2) is 165 Å². The molecule has 4 saturated heterocycles. The minimum atomic E-state index is -1.21. The number of carbonyl (C=O) groups excluding carboxylic acids is 5. The summed E-state index contributed by atoms with van der Waals surface area (Å²) >= 11 is 0. The average Bonchev–Trinajstić information content (AvgIpc) is 4.26. The molecule has 2 aromatic carbocycles. The molecule has 20 nitrogen and oxygen atoms in total. The number of phenolic OH excluding ortho intramolecular Hbond substituents is 1. The van der Waals surface area contributed by atoms with Crippen molar-refractivity contribution in [3.05, 3.63) is 65.5 Å². The summed E-state index contributed by atoms with van der Waals surface area (Å²) in [7, 11) is 1.71. The van der Waals surface area contributed by atoms with Gasteiger partial charge in [0.05, 0.1) is 42.3 Å². The van der Waals surface area contributed by atoms with Crippen molar-refractivity contribution in [3.63, 3.8) is 0 Å². The molecular weight excluding hydrogens is 1020 g/mol. The van der Waals surface area contributed by atoms with Crippen LogP contribution in [0.5, 0.6) is 5.75 Å². The number of carbonyl (C=O) groups is 5. The summed E-state index contributed by atoms with van der Waals surface area (Å²) in [6.07, 6.45) is 8.09. The van der Waals surface area contributed by atoms with Gasteiger partial charge in [0.25, 0.3) is 5.91 Å². The molecule has 2 aromatic heterocycles. The van der Waals surface area contributed by atoms with Crippen LogP contribution in [0.25, 0.3) is 33.3 Å². The van der Waals surface area contributed by atoms with Crippen molar-refractivity contribution in [1.29, 1.82) is 5.41 Å². The van der Waals surface area contributed by atoms with Crippen molar-refractivity contribution in [2.45, 2.75) is 149 Å².